The van der Waals surface area contributed by atoms with Crippen LogP contribution in [0.25, 0.3) is 11.0 Å². The number of fused-ring (bicyclic) bond motifs is 1. The Morgan fingerprint density at radius 2 is 2.12 bits per heavy atom. The normalized spacial score (nSPS) is 10.7. The average molecular weight is 346 g/mol. The van der Waals surface area contributed by atoms with Crippen molar-refractivity contribution in [1.82, 2.24) is 9.97 Å². The van der Waals surface area contributed by atoms with Gasteiger partial charge in [-0.15, -0.1) is 0 Å². The molecule has 1 heterocycles. The molecular formula is C15H11FN4O3S. The van der Waals surface area contributed by atoms with Crippen LogP contribution in [0.1, 0.15) is 0 Å². The largest absolute Gasteiger partial charge is 0.333 e. The molecule has 2 aromatic carbocycles. The lowest BCUT2D eigenvalue weighted by Crippen LogP contribution is -2.15. The van der Waals surface area contributed by atoms with Gasteiger partial charge in [0.1, 0.15) is 5.82 Å². The van der Waals surface area contributed by atoms with Gasteiger partial charge >= 0.3 is 0 Å². The molecule has 24 heavy (non-hydrogen) atoms. The molecule has 2 N–H and O–H groups in total. The number of carbonyl (C=O) groups is 1. The molecule has 1 aromatic heterocycles. The number of hydrogen-bond acceptors (Lipinski definition) is 5. The number of rotatable bonds is 5. The Morgan fingerprint density at radius 1 is 1.33 bits per heavy atom. The third-order valence-corrected chi connectivity index (χ3v) is 4.02. The van der Waals surface area contributed by atoms with Gasteiger partial charge in [0.25, 0.3) is 5.69 Å². The quantitative estimate of drug-likeness (QED) is 0.419. The van der Waals surface area contributed by atoms with Crippen LogP contribution in [0.2, 0.25) is 0 Å². The Bertz CT molecular complexity index is 895. The summed E-state index contributed by atoms with van der Waals surface area (Å²) in [5, 5.41) is 13.6. The summed E-state index contributed by atoms with van der Waals surface area (Å²) < 4.78 is 13.6. The fourth-order valence-corrected chi connectivity index (χ4v) is 2.73. The number of anilines is 1. The number of nitro groups is 1. The van der Waals surface area contributed by atoms with Gasteiger partial charge in [0.2, 0.25) is 5.91 Å². The number of non-ortho nitro benzene ring substituents is 1. The molecule has 0 atom stereocenters. The Morgan fingerprint density at radius 3 is 2.88 bits per heavy atom. The highest BCUT2D eigenvalue weighted by Crippen LogP contribution is 2.23. The smallest absolute Gasteiger partial charge is 0.271 e. The first-order valence-corrected chi connectivity index (χ1v) is 7.83. The molecule has 0 bridgehead atoms. The molecule has 0 aliphatic heterocycles. The highest BCUT2D eigenvalue weighted by Gasteiger charge is 2.14. The maximum absolute atomic E-state index is 13.6. The van der Waals surface area contributed by atoms with Gasteiger partial charge in [0.15, 0.2) is 5.16 Å². The maximum atomic E-state index is 13.6. The first-order valence-electron chi connectivity index (χ1n) is 6.84. The zero-order valence-electron chi connectivity index (χ0n) is 12.2. The molecule has 0 radical (unpaired) electrons. The van der Waals surface area contributed by atoms with E-state index >= 15 is 0 Å². The van der Waals surface area contributed by atoms with Crippen molar-refractivity contribution in [1.29, 1.82) is 0 Å². The predicted molar refractivity (Wildman–Crippen MR) is 88.5 cm³/mol. The molecule has 0 fully saturated rings. The van der Waals surface area contributed by atoms with Gasteiger partial charge in [0.05, 0.1) is 27.4 Å². The van der Waals surface area contributed by atoms with Crippen LogP contribution in [0, 0.1) is 15.9 Å². The van der Waals surface area contributed by atoms with E-state index in [4.69, 9.17) is 0 Å². The summed E-state index contributed by atoms with van der Waals surface area (Å²) in [6.07, 6.45) is 0. The molecule has 7 nitrogen and oxygen atoms in total. The zero-order valence-corrected chi connectivity index (χ0v) is 13.0. The molecule has 0 aliphatic carbocycles. The minimum Gasteiger partial charge on any atom is -0.333 e. The third kappa shape index (κ3) is 3.51. The highest BCUT2D eigenvalue weighted by atomic mass is 32.2. The number of halogens is 1. The minimum atomic E-state index is -0.734. The Kier molecular flexibility index (Phi) is 4.43. The number of hydrogen-bond donors (Lipinski definition) is 2. The highest BCUT2D eigenvalue weighted by molar-refractivity contribution is 7.99. The number of thioether (sulfide) groups is 1. The molecule has 9 heteroatoms. The number of benzene rings is 2. The standard InChI is InChI=1S/C15H11FN4O3S/c16-10-6-5-9(20(22)23)7-13(10)17-14(21)8-24-15-18-11-3-1-2-4-12(11)19-15/h1-7H,8H2,(H,17,21)(H,18,19). The molecule has 0 saturated carbocycles. The van der Waals surface area contributed by atoms with E-state index in [0.29, 0.717) is 5.16 Å². The lowest BCUT2D eigenvalue weighted by molar-refractivity contribution is -0.384. The van der Waals surface area contributed by atoms with E-state index in [9.17, 15) is 19.3 Å². The van der Waals surface area contributed by atoms with Crippen molar-refractivity contribution in [2.45, 2.75) is 5.16 Å². The van der Waals surface area contributed by atoms with Crippen LogP contribution in [0.3, 0.4) is 0 Å². The number of aromatic nitrogens is 2. The van der Waals surface area contributed by atoms with Gasteiger partial charge < -0.3 is 10.3 Å². The van der Waals surface area contributed by atoms with Gasteiger partial charge in [-0.3, -0.25) is 14.9 Å². The number of amides is 1. The number of H-pyrrole nitrogens is 1. The zero-order chi connectivity index (χ0) is 17.1. The summed E-state index contributed by atoms with van der Waals surface area (Å²) in [5.41, 5.74) is 1.12. The van der Waals surface area contributed by atoms with E-state index in [1.54, 1.807) is 0 Å². The SMILES string of the molecule is O=C(CSc1nc2ccccc2[nH]1)Nc1cc([N+](=O)[O-])ccc1F. The van der Waals surface area contributed by atoms with E-state index in [2.05, 4.69) is 15.3 Å². The van der Waals surface area contributed by atoms with Crippen LogP contribution >= 0.6 is 11.8 Å². The summed E-state index contributed by atoms with van der Waals surface area (Å²) in [7, 11) is 0. The second kappa shape index (κ2) is 6.67. The predicted octanol–water partition coefficient (Wildman–Crippen LogP) is 3.34. The van der Waals surface area contributed by atoms with Crippen LogP contribution in [0.15, 0.2) is 47.6 Å². The molecule has 0 spiro atoms. The minimum absolute atomic E-state index is 0.0120. The van der Waals surface area contributed by atoms with Crippen molar-refractivity contribution in [2.24, 2.45) is 0 Å². The van der Waals surface area contributed by atoms with Crippen LogP contribution in [0.4, 0.5) is 15.8 Å². The van der Waals surface area contributed by atoms with E-state index in [1.165, 1.54) is 0 Å². The Balaban J connectivity index is 1.65. The van der Waals surface area contributed by atoms with Gasteiger partial charge in [-0.1, -0.05) is 23.9 Å². The molecule has 3 rings (SSSR count). The van der Waals surface area contributed by atoms with Gasteiger partial charge in [-0.25, -0.2) is 9.37 Å². The number of aromatic amines is 1. The van der Waals surface area contributed by atoms with Crippen molar-refractivity contribution in [3.63, 3.8) is 0 Å². The van der Waals surface area contributed by atoms with Gasteiger partial charge in [0, 0.05) is 12.1 Å². The van der Waals surface area contributed by atoms with Crippen molar-refractivity contribution in [2.75, 3.05) is 11.1 Å². The molecule has 0 unspecified atom stereocenters. The number of para-hydroxylation sites is 2. The van der Waals surface area contributed by atoms with Crippen molar-refractivity contribution in [3.05, 3.63) is 58.4 Å². The summed E-state index contributed by atoms with van der Waals surface area (Å²) in [6.45, 7) is 0. The topological polar surface area (TPSA) is 101 Å². The lowest BCUT2D eigenvalue weighted by Gasteiger charge is -2.05. The lowest BCUT2D eigenvalue weighted by atomic mass is 10.2. The van der Waals surface area contributed by atoms with E-state index in [0.717, 1.165) is 41.0 Å². The van der Waals surface area contributed by atoms with Gasteiger partial charge in [-0.05, 0) is 18.2 Å². The third-order valence-electron chi connectivity index (χ3n) is 3.14. The van der Waals surface area contributed by atoms with Crippen LogP contribution in [-0.4, -0.2) is 26.6 Å². The average Bonchev–Trinajstić information content (AvgIpc) is 2.97. The van der Waals surface area contributed by atoms with E-state index in [-0.39, 0.29) is 17.1 Å². The molecule has 1 amide bonds. The summed E-state index contributed by atoms with van der Waals surface area (Å²) in [5.74, 6) is -1.23. The fourth-order valence-electron chi connectivity index (χ4n) is 2.04. The summed E-state index contributed by atoms with van der Waals surface area (Å²) >= 11 is 1.15. The fraction of sp³-hybridized carbons (Fsp3) is 0.0667. The number of carbonyl (C=O) groups excluding carboxylic acids is 1. The first kappa shape index (κ1) is 15.9. The maximum Gasteiger partial charge on any atom is 0.271 e. The molecule has 0 saturated heterocycles. The number of nitrogens with one attached hydrogen (secondary N) is 2. The van der Waals surface area contributed by atoms with Crippen LogP contribution in [-0.2, 0) is 4.79 Å². The monoisotopic (exact) mass is 346 g/mol. The second-order valence-electron chi connectivity index (χ2n) is 4.82. The molecule has 3 aromatic rings. The Hall–Kier alpha value is -2.94. The summed E-state index contributed by atoms with van der Waals surface area (Å²) in [6, 6.07) is 10.4. The first-order chi connectivity index (χ1) is 11.5. The molecule has 122 valence electrons. The Labute approximate surface area is 139 Å². The van der Waals surface area contributed by atoms with Crippen LogP contribution < -0.4 is 5.32 Å². The number of nitrogens with zero attached hydrogens (tertiary/aromatic N) is 2. The van der Waals surface area contributed by atoms with E-state index < -0.39 is 16.6 Å². The number of nitro benzene ring substituents is 1. The van der Waals surface area contributed by atoms with Crippen molar-refractivity contribution in [3.8, 4) is 0 Å². The van der Waals surface area contributed by atoms with Crippen molar-refractivity contribution < 1.29 is 14.1 Å². The van der Waals surface area contributed by atoms with Crippen LogP contribution in [0.5, 0.6) is 0 Å². The van der Waals surface area contributed by atoms with E-state index in [1.807, 2.05) is 24.3 Å². The van der Waals surface area contributed by atoms with Gasteiger partial charge in [-0.2, -0.15) is 0 Å². The van der Waals surface area contributed by atoms with Crippen molar-refractivity contribution >= 4 is 40.1 Å². The summed E-state index contributed by atoms with van der Waals surface area (Å²) in [4.78, 5) is 29.3. The molecular weight excluding hydrogens is 335 g/mol. The molecule has 0 aliphatic rings. The number of imidazole rings is 1. The second-order valence-corrected chi connectivity index (χ2v) is 5.78.